The van der Waals surface area contributed by atoms with E-state index in [2.05, 4.69) is 305 Å². The summed E-state index contributed by atoms with van der Waals surface area (Å²) in [6, 6.07) is 125. The number of aromatic amines is 1. The second-order valence-electron chi connectivity index (χ2n) is 34.0. The maximum atomic E-state index is 12.3. The fourth-order valence-corrected chi connectivity index (χ4v) is 18.7. The Morgan fingerprint density at radius 3 is 1.02 bits per heavy atom. The van der Waals surface area contributed by atoms with E-state index in [9.17, 15) is 29.1 Å². The molecule has 12 aromatic carbocycles. The molecule has 0 aliphatic carbocycles. The summed E-state index contributed by atoms with van der Waals surface area (Å²) in [7, 11) is 0. The summed E-state index contributed by atoms with van der Waals surface area (Å²) in [5.74, 6) is 0.0197. The summed E-state index contributed by atoms with van der Waals surface area (Å²) >= 11 is 0. The SMILES string of the molecule is CCC(=O)c1cn(C(c2ccccc2)(c2ccccc2)c2ccccc2)cn1.CCC(O)c1cn(C(c2ccccc2)(c2ccccc2)c2ccccc2)cn1.CCC(c1cnc[nH]1)N1CCCC1=O.CCOC(=O)CCCN.CCOC(=O)CCCNC(CC)c1cn(C(c2ccccc2)(c2ccccc2)c2ccccc2)cn1.Cl.O=Cc1cn(C(c2ccccc2)(c2ccccc2)c2ccccc2)cn1. The van der Waals surface area contributed by atoms with Crippen molar-refractivity contribution in [2.24, 2.45) is 5.73 Å². The molecule has 1 saturated heterocycles. The van der Waals surface area contributed by atoms with E-state index in [0.717, 1.165) is 113 Å². The second-order valence-corrected chi connectivity index (χ2v) is 34.0. The first-order valence-electron chi connectivity index (χ1n) is 48.7. The third-order valence-corrected chi connectivity index (χ3v) is 25.4. The molecule has 3 unspecified atom stereocenters. The number of amides is 1. The summed E-state index contributed by atoms with van der Waals surface area (Å²) in [5.41, 5.74) is 20.0. The van der Waals surface area contributed by atoms with Crippen LogP contribution in [0.15, 0.2) is 427 Å². The molecule has 0 saturated carbocycles. The molecule has 5 aromatic heterocycles. The highest BCUT2D eigenvalue weighted by molar-refractivity contribution is 5.93. The van der Waals surface area contributed by atoms with E-state index in [4.69, 9.17) is 15.5 Å². The monoisotopic (exact) mass is 1910 g/mol. The van der Waals surface area contributed by atoms with E-state index in [1.807, 2.05) is 183 Å². The number of hydrogen-bond donors (Lipinski definition) is 4. The molecule has 18 rings (SSSR count). The molecule has 0 radical (unpaired) electrons. The highest BCUT2D eigenvalue weighted by atomic mass is 35.5. The zero-order valence-electron chi connectivity index (χ0n) is 81.6. The van der Waals surface area contributed by atoms with E-state index in [0.29, 0.717) is 68.9 Å². The van der Waals surface area contributed by atoms with Crippen molar-refractivity contribution in [2.75, 3.05) is 32.8 Å². The number of likely N-dealkylation sites (tertiary alicyclic amines) is 1. The van der Waals surface area contributed by atoms with Gasteiger partial charge in [0.2, 0.25) is 5.91 Å². The summed E-state index contributed by atoms with van der Waals surface area (Å²) < 4.78 is 18.2. The van der Waals surface area contributed by atoms with Crippen LogP contribution in [0.2, 0.25) is 0 Å². The van der Waals surface area contributed by atoms with Crippen LogP contribution in [0.25, 0.3) is 0 Å². The first-order chi connectivity index (χ1) is 69.2. The molecule has 0 bridgehead atoms. The Bertz CT molecular complexity index is 6160. The fraction of sp³-hybridized carbons (Fsp3) is 0.233. The van der Waals surface area contributed by atoms with E-state index in [1.54, 1.807) is 38.3 Å². The van der Waals surface area contributed by atoms with Crippen molar-refractivity contribution in [3.8, 4) is 0 Å². The molecule has 6 heterocycles. The third kappa shape index (κ3) is 24.9. The second kappa shape index (κ2) is 53.7. The average Bonchev–Trinajstić information content (AvgIpc) is 1.37. The lowest BCUT2D eigenvalue weighted by molar-refractivity contribution is -0.144. The number of carbonyl (C=O) groups is 5. The number of hydrogen-bond acceptors (Lipinski definition) is 15. The maximum Gasteiger partial charge on any atom is 0.305 e. The van der Waals surface area contributed by atoms with Gasteiger partial charge in [-0.15, -0.1) is 12.4 Å². The molecule has 142 heavy (non-hydrogen) atoms. The van der Waals surface area contributed by atoms with Gasteiger partial charge in [0.25, 0.3) is 0 Å². The van der Waals surface area contributed by atoms with Crippen molar-refractivity contribution in [2.45, 2.75) is 146 Å². The number of nitrogens with zero attached hydrogens (tertiary/aromatic N) is 10. The summed E-state index contributed by atoms with van der Waals surface area (Å²) in [4.78, 5) is 84.5. The van der Waals surface area contributed by atoms with Crippen LogP contribution in [-0.4, -0.2) is 121 Å². The number of halogens is 1. The van der Waals surface area contributed by atoms with E-state index < -0.39 is 28.3 Å². The molecule has 1 aliphatic heterocycles. The number of benzene rings is 12. The van der Waals surface area contributed by atoms with Gasteiger partial charge >= 0.3 is 11.9 Å². The number of rotatable bonds is 36. The van der Waals surface area contributed by atoms with Crippen molar-refractivity contribution in [1.29, 1.82) is 0 Å². The predicted octanol–water partition coefficient (Wildman–Crippen LogP) is 23.3. The Morgan fingerprint density at radius 2 is 0.739 bits per heavy atom. The van der Waals surface area contributed by atoms with Gasteiger partial charge in [-0.05, 0) is 132 Å². The summed E-state index contributed by atoms with van der Waals surface area (Å²) in [5, 5.41) is 13.9. The Morgan fingerprint density at radius 1 is 0.423 bits per heavy atom. The lowest BCUT2D eigenvalue weighted by Crippen LogP contribution is -2.37. The lowest BCUT2D eigenvalue weighted by Gasteiger charge is -2.37. The van der Waals surface area contributed by atoms with Gasteiger partial charge in [-0.3, -0.25) is 24.0 Å². The summed E-state index contributed by atoms with van der Waals surface area (Å²) in [6.45, 7) is 14.7. The van der Waals surface area contributed by atoms with Gasteiger partial charge in [0.05, 0.1) is 86.3 Å². The molecule has 17 aromatic rings. The molecule has 21 nitrogen and oxygen atoms in total. The third-order valence-electron chi connectivity index (χ3n) is 25.4. The van der Waals surface area contributed by atoms with Crippen LogP contribution in [0.3, 0.4) is 0 Å². The van der Waals surface area contributed by atoms with Crippen LogP contribution in [0.5, 0.6) is 0 Å². The molecule has 1 amide bonds. The van der Waals surface area contributed by atoms with Crippen LogP contribution >= 0.6 is 12.4 Å². The van der Waals surface area contributed by atoms with Crippen LogP contribution in [0.4, 0.5) is 0 Å². The highest BCUT2D eigenvalue weighted by Crippen LogP contribution is 2.46. The van der Waals surface area contributed by atoms with Crippen molar-refractivity contribution in [1.82, 2.24) is 58.4 Å². The number of H-pyrrole nitrogens is 1. The van der Waals surface area contributed by atoms with Crippen LogP contribution in [-0.2, 0) is 46.0 Å². The minimum atomic E-state index is -0.622. The molecule has 1 fully saturated rings. The fourth-order valence-electron chi connectivity index (χ4n) is 18.7. The van der Waals surface area contributed by atoms with Gasteiger partial charge in [-0.25, -0.2) is 24.9 Å². The minimum absolute atomic E-state index is 0. The topological polar surface area (TPSA) is 265 Å². The van der Waals surface area contributed by atoms with Gasteiger partial charge in [-0.1, -0.05) is 392 Å². The number of Topliss-reactive ketones (excluding diaryl/α,β-unsaturated/α-hetero) is 1. The standard InChI is InChI=1S/C31H35N3O2.C25H24N2O.C25H22N2O.C23H18N2O.C10H15N3O.C6H13NO2.ClH/c1-3-28(32-22-14-21-30(35)36-4-2)29-23-34(24-33-29)31(25-15-8-5-9-16-25,26-17-10-6-11-18-26)27-19-12-7-13-20-27;2*1-2-24(28)23-18-27(19-26-23)25(20-12-6-3-7-13-20,21-14-8-4-9-15-21)22-16-10-5-11-17-22;26-17-22-16-25(18-24-22)23(19-10-4-1-5-11-19,20-12-6-2-7-13-20)21-14-8-3-9-15-21;1-2-9(8-6-11-7-12-8)13-5-3-4-10(13)14;1-2-9-6(8)4-3-5-7;/h5-13,15-20,23-24,28,32H,3-4,14,21-22H2,1-2H3;3-19,24,28H,2H2,1H3;3-19H,2H2,1H3;1-18H;6-7,9H,2-5H2,1H3,(H,11,12);2-5,7H2,1H3;1H. The van der Waals surface area contributed by atoms with Gasteiger partial charge < -0.3 is 53.8 Å². The number of nitrogens with one attached hydrogen (secondary N) is 2. The lowest BCUT2D eigenvalue weighted by atomic mass is 9.77. The van der Waals surface area contributed by atoms with Crippen LogP contribution in [0, 0.1) is 0 Å². The van der Waals surface area contributed by atoms with E-state index in [-0.39, 0.29) is 48.1 Å². The van der Waals surface area contributed by atoms with Crippen molar-refractivity contribution in [3.63, 3.8) is 0 Å². The smallest absolute Gasteiger partial charge is 0.305 e. The van der Waals surface area contributed by atoms with Gasteiger partial charge in [0.15, 0.2) is 12.1 Å². The van der Waals surface area contributed by atoms with Crippen LogP contribution in [0.1, 0.15) is 229 Å². The zero-order chi connectivity index (χ0) is 98.9. The average molecular weight is 1920 g/mol. The number of aromatic nitrogens is 10. The Labute approximate surface area is 840 Å². The molecule has 0 spiro atoms. The van der Waals surface area contributed by atoms with Gasteiger partial charge in [0, 0.05) is 57.0 Å². The van der Waals surface area contributed by atoms with Crippen molar-refractivity contribution < 1.29 is 38.6 Å². The normalized spacial score (nSPS) is 12.3. The Kier molecular flexibility index (Phi) is 39.9. The Hall–Kier alpha value is -15.4. The van der Waals surface area contributed by atoms with Crippen molar-refractivity contribution in [3.05, 3.63) is 522 Å². The first kappa shape index (κ1) is 105. The molecule has 5 N–H and O–H groups in total. The number of imidazole rings is 5. The van der Waals surface area contributed by atoms with Crippen LogP contribution < -0.4 is 11.1 Å². The number of nitrogens with two attached hydrogens (primary N) is 1. The van der Waals surface area contributed by atoms with Gasteiger partial charge in [0.1, 0.15) is 33.5 Å². The Balaban J connectivity index is 0.000000158. The molecule has 728 valence electrons. The minimum Gasteiger partial charge on any atom is -0.466 e. The van der Waals surface area contributed by atoms with E-state index in [1.165, 1.54) is 16.7 Å². The number of aldehydes is 1. The van der Waals surface area contributed by atoms with E-state index >= 15 is 0 Å². The number of esters is 2. The van der Waals surface area contributed by atoms with Crippen molar-refractivity contribution >= 4 is 42.3 Å². The number of ether oxygens (including phenoxy) is 2. The molecule has 3 atom stereocenters. The number of aliphatic hydroxyl groups excluding tert-OH is 1. The summed E-state index contributed by atoms with van der Waals surface area (Å²) in [6.07, 6.45) is 25.7. The maximum absolute atomic E-state index is 12.3. The number of aliphatic hydroxyl groups is 1. The predicted molar refractivity (Wildman–Crippen MR) is 564 cm³/mol. The zero-order valence-corrected chi connectivity index (χ0v) is 82.4. The molecule has 22 heteroatoms. The first-order valence-corrected chi connectivity index (χ1v) is 48.7. The number of ketones is 1. The highest BCUT2D eigenvalue weighted by Gasteiger charge is 2.43. The van der Waals surface area contributed by atoms with Gasteiger partial charge in [-0.2, -0.15) is 0 Å². The number of carbonyl (C=O) groups excluding carboxylic acids is 5. The molecular weight excluding hydrogens is 1790 g/mol. The molecular formula is C120H128ClN13O8. The quantitative estimate of drug-likeness (QED) is 0.00935. The molecule has 1 aliphatic rings. The largest absolute Gasteiger partial charge is 0.466 e.